The largest absolute Gasteiger partial charge is 0.300 e. The van der Waals surface area contributed by atoms with E-state index in [9.17, 15) is 9.59 Å². The van der Waals surface area contributed by atoms with Gasteiger partial charge in [0.2, 0.25) is 11.0 Å². The summed E-state index contributed by atoms with van der Waals surface area (Å²) in [5.74, 6) is -0.179. The maximum Gasteiger partial charge on any atom is 0.268 e. The minimum Gasteiger partial charge on any atom is -0.300 e. The van der Waals surface area contributed by atoms with Crippen molar-refractivity contribution in [3.63, 3.8) is 0 Å². The van der Waals surface area contributed by atoms with Gasteiger partial charge in [-0.1, -0.05) is 65.3 Å². The summed E-state index contributed by atoms with van der Waals surface area (Å²) in [7, 11) is 0. The van der Waals surface area contributed by atoms with Crippen LogP contribution in [0.25, 0.3) is 10.1 Å². The fraction of sp³-hybridized carbons (Fsp3) is 0.158. The van der Waals surface area contributed by atoms with Crippen LogP contribution in [0.5, 0.6) is 0 Å². The molecule has 8 heteroatoms. The summed E-state index contributed by atoms with van der Waals surface area (Å²) in [6.07, 6.45) is 0.895. The fourth-order valence-corrected chi connectivity index (χ4v) is 4.48. The third-order valence-corrected chi connectivity index (χ3v) is 5.97. The Morgan fingerprint density at radius 3 is 2.63 bits per heavy atom. The monoisotopic (exact) mass is 396 g/mol. The van der Waals surface area contributed by atoms with Crippen molar-refractivity contribution in [3.8, 4) is 0 Å². The molecule has 2 aromatic heterocycles. The standard InChI is InChI=1S/C19H16N4O2S2/c24-16(10-11-23-18(25)14-8-4-5-9-15(14)27-23)20-19-22-21-17(26-19)12-13-6-2-1-3-7-13/h1-9H,10-12H2,(H,20,22,24). The summed E-state index contributed by atoms with van der Waals surface area (Å²) in [6.45, 7) is 0.347. The van der Waals surface area contributed by atoms with Crippen molar-refractivity contribution < 1.29 is 4.79 Å². The Balaban J connectivity index is 1.35. The van der Waals surface area contributed by atoms with Gasteiger partial charge in [-0.25, -0.2) is 0 Å². The van der Waals surface area contributed by atoms with Crippen molar-refractivity contribution in [1.82, 2.24) is 14.2 Å². The number of nitrogens with zero attached hydrogens (tertiary/aromatic N) is 3. The SMILES string of the molecule is O=C(CCn1sc2ccccc2c1=O)Nc1nnc(Cc2ccccc2)s1. The molecule has 2 heterocycles. The number of anilines is 1. The first kappa shape index (κ1) is 17.6. The third-order valence-electron chi connectivity index (χ3n) is 4.01. The molecule has 0 fully saturated rings. The summed E-state index contributed by atoms with van der Waals surface area (Å²) in [5, 5.41) is 12.9. The number of benzene rings is 2. The van der Waals surface area contributed by atoms with Crippen LogP contribution in [-0.2, 0) is 17.8 Å². The van der Waals surface area contributed by atoms with Gasteiger partial charge >= 0.3 is 0 Å². The zero-order valence-corrected chi connectivity index (χ0v) is 15.9. The number of hydrogen-bond donors (Lipinski definition) is 1. The van der Waals surface area contributed by atoms with Crippen molar-refractivity contribution in [2.45, 2.75) is 19.4 Å². The first-order valence-electron chi connectivity index (χ1n) is 8.44. The van der Waals surface area contributed by atoms with Gasteiger partial charge in [-0.05, 0) is 17.7 Å². The highest BCUT2D eigenvalue weighted by Gasteiger charge is 2.11. The Kier molecular flexibility index (Phi) is 5.08. The molecule has 4 aromatic rings. The summed E-state index contributed by atoms with van der Waals surface area (Å²) >= 11 is 2.74. The Morgan fingerprint density at radius 2 is 1.81 bits per heavy atom. The van der Waals surface area contributed by atoms with E-state index in [1.165, 1.54) is 22.9 Å². The third kappa shape index (κ3) is 4.12. The molecule has 27 heavy (non-hydrogen) atoms. The van der Waals surface area contributed by atoms with Gasteiger partial charge in [-0.3, -0.25) is 13.5 Å². The van der Waals surface area contributed by atoms with Crippen LogP contribution in [0.1, 0.15) is 17.0 Å². The number of aryl methyl sites for hydroxylation is 1. The lowest BCUT2D eigenvalue weighted by molar-refractivity contribution is -0.116. The van der Waals surface area contributed by atoms with Gasteiger partial charge < -0.3 is 5.32 Å². The molecule has 6 nitrogen and oxygen atoms in total. The molecule has 1 N–H and O–H groups in total. The van der Waals surface area contributed by atoms with Crippen LogP contribution in [-0.4, -0.2) is 20.1 Å². The molecule has 0 aliphatic rings. The molecule has 0 atom stereocenters. The van der Waals surface area contributed by atoms with E-state index in [-0.39, 0.29) is 17.9 Å². The average Bonchev–Trinajstić information content (AvgIpc) is 3.25. The molecule has 136 valence electrons. The number of carbonyl (C=O) groups excluding carboxylic acids is 1. The van der Waals surface area contributed by atoms with Crippen LogP contribution < -0.4 is 10.9 Å². The van der Waals surface area contributed by atoms with Crippen molar-refractivity contribution in [2.75, 3.05) is 5.32 Å². The van der Waals surface area contributed by atoms with E-state index in [4.69, 9.17) is 0 Å². The van der Waals surface area contributed by atoms with Crippen LogP contribution in [0.4, 0.5) is 5.13 Å². The van der Waals surface area contributed by atoms with Gasteiger partial charge in [0.1, 0.15) is 5.01 Å². The van der Waals surface area contributed by atoms with Crippen molar-refractivity contribution in [2.24, 2.45) is 0 Å². The first-order valence-corrected chi connectivity index (χ1v) is 10.0. The van der Waals surface area contributed by atoms with E-state index in [1.54, 1.807) is 10.0 Å². The van der Waals surface area contributed by atoms with Crippen molar-refractivity contribution in [3.05, 3.63) is 75.5 Å². The molecule has 2 aromatic carbocycles. The number of carbonyl (C=O) groups is 1. The molecule has 0 aliphatic carbocycles. The van der Waals surface area contributed by atoms with Gasteiger partial charge in [0.25, 0.3) is 5.56 Å². The van der Waals surface area contributed by atoms with E-state index in [2.05, 4.69) is 15.5 Å². The number of amides is 1. The predicted molar refractivity (Wildman–Crippen MR) is 108 cm³/mol. The Bertz CT molecular complexity index is 1130. The second kappa shape index (κ2) is 7.81. The highest BCUT2D eigenvalue weighted by Crippen LogP contribution is 2.19. The molecular weight excluding hydrogens is 380 g/mol. The lowest BCUT2D eigenvalue weighted by Gasteiger charge is -2.01. The van der Waals surface area contributed by atoms with E-state index >= 15 is 0 Å². The molecular formula is C19H16N4O2S2. The Morgan fingerprint density at radius 1 is 1.04 bits per heavy atom. The smallest absolute Gasteiger partial charge is 0.268 e. The molecule has 4 rings (SSSR count). The Hall–Kier alpha value is -2.84. The fourth-order valence-electron chi connectivity index (χ4n) is 2.70. The van der Waals surface area contributed by atoms with Crippen LogP contribution in [0.2, 0.25) is 0 Å². The molecule has 0 bridgehead atoms. The molecule has 0 saturated heterocycles. The second-order valence-corrected chi connectivity index (χ2v) is 8.08. The predicted octanol–water partition coefficient (Wildman–Crippen LogP) is 3.53. The average molecular weight is 396 g/mol. The van der Waals surface area contributed by atoms with E-state index in [0.29, 0.717) is 23.5 Å². The van der Waals surface area contributed by atoms with Gasteiger partial charge in [0.15, 0.2) is 0 Å². The quantitative estimate of drug-likeness (QED) is 0.541. The van der Waals surface area contributed by atoms with Crippen LogP contribution >= 0.6 is 22.9 Å². The minimum atomic E-state index is -0.179. The van der Waals surface area contributed by atoms with Gasteiger partial charge in [-0.2, -0.15) is 0 Å². The maximum atomic E-state index is 12.3. The first-order chi connectivity index (χ1) is 13.2. The maximum absolute atomic E-state index is 12.3. The summed E-state index contributed by atoms with van der Waals surface area (Å²) in [5.41, 5.74) is 1.10. The molecule has 0 saturated carbocycles. The van der Waals surface area contributed by atoms with Crippen molar-refractivity contribution in [1.29, 1.82) is 0 Å². The highest BCUT2D eigenvalue weighted by atomic mass is 32.1. The minimum absolute atomic E-state index is 0.0514. The van der Waals surface area contributed by atoms with Gasteiger partial charge in [0.05, 0.1) is 10.1 Å². The van der Waals surface area contributed by atoms with Gasteiger partial charge in [-0.15, -0.1) is 10.2 Å². The number of rotatable bonds is 6. The topological polar surface area (TPSA) is 76.9 Å². The molecule has 0 aliphatic heterocycles. The normalized spacial score (nSPS) is 11.0. The number of hydrogen-bond acceptors (Lipinski definition) is 6. The zero-order valence-electron chi connectivity index (χ0n) is 14.3. The van der Waals surface area contributed by atoms with Crippen molar-refractivity contribution >= 4 is 44.0 Å². The molecule has 0 spiro atoms. The Labute approximate surface area is 163 Å². The molecule has 0 unspecified atom stereocenters. The zero-order chi connectivity index (χ0) is 18.6. The molecule has 0 radical (unpaired) electrons. The number of aromatic nitrogens is 3. The summed E-state index contributed by atoms with van der Waals surface area (Å²) < 4.78 is 2.54. The van der Waals surface area contributed by atoms with E-state index < -0.39 is 0 Å². The second-order valence-electron chi connectivity index (χ2n) is 5.96. The lowest BCUT2D eigenvalue weighted by Crippen LogP contribution is -2.18. The van der Waals surface area contributed by atoms with Crippen LogP contribution in [0, 0.1) is 0 Å². The van der Waals surface area contributed by atoms with E-state index in [1.807, 2.05) is 48.5 Å². The summed E-state index contributed by atoms with van der Waals surface area (Å²) in [4.78, 5) is 24.5. The van der Waals surface area contributed by atoms with Crippen LogP contribution in [0.15, 0.2) is 59.4 Å². The van der Waals surface area contributed by atoms with Crippen LogP contribution in [0.3, 0.4) is 0 Å². The van der Waals surface area contributed by atoms with Gasteiger partial charge in [0, 0.05) is 19.4 Å². The highest BCUT2D eigenvalue weighted by molar-refractivity contribution is 7.15. The number of nitrogens with one attached hydrogen (secondary N) is 1. The molecule has 1 amide bonds. The lowest BCUT2D eigenvalue weighted by atomic mass is 10.2. The van der Waals surface area contributed by atoms with E-state index in [0.717, 1.165) is 15.3 Å². The summed E-state index contributed by atoms with van der Waals surface area (Å²) in [6, 6.07) is 17.5. The number of fused-ring (bicyclic) bond motifs is 1.